The fourth-order valence-electron chi connectivity index (χ4n) is 2.49. The topological polar surface area (TPSA) is 47.3 Å². The van der Waals surface area contributed by atoms with Gasteiger partial charge in [0.05, 0.1) is 18.9 Å². The van der Waals surface area contributed by atoms with Crippen molar-refractivity contribution < 1.29 is 9.84 Å². The maximum absolute atomic E-state index is 10.3. The van der Waals surface area contributed by atoms with E-state index in [0.29, 0.717) is 12.8 Å². The van der Waals surface area contributed by atoms with Crippen LogP contribution in [0, 0.1) is 13.8 Å². The lowest BCUT2D eigenvalue weighted by atomic mass is 10.00. The normalized spacial score (nSPS) is 12.4. The van der Waals surface area contributed by atoms with Gasteiger partial charge in [-0.05, 0) is 43.5 Å². The van der Waals surface area contributed by atoms with Crippen LogP contribution in [0.1, 0.15) is 22.5 Å². The van der Waals surface area contributed by atoms with Gasteiger partial charge in [0, 0.05) is 19.2 Å². The van der Waals surface area contributed by atoms with E-state index in [0.717, 1.165) is 28.3 Å². The average molecular weight is 274 g/mol. The number of hydrogen-bond acceptors (Lipinski definition) is 3. The lowest BCUT2D eigenvalue weighted by Crippen LogP contribution is -2.15. The van der Waals surface area contributed by atoms with E-state index in [1.807, 2.05) is 49.8 Å². The molecule has 0 amide bonds. The Balaban J connectivity index is 2.06. The van der Waals surface area contributed by atoms with Gasteiger partial charge < -0.3 is 9.84 Å². The number of aliphatic hydroxyl groups is 1. The van der Waals surface area contributed by atoms with Crippen LogP contribution in [0.4, 0.5) is 0 Å². The van der Waals surface area contributed by atoms with Crippen LogP contribution in [-0.4, -0.2) is 28.1 Å². The van der Waals surface area contributed by atoms with Gasteiger partial charge in [0.2, 0.25) is 0 Å². The Labute approximate surface area is 120 Å². The minimum absolute atomic E-state index is 0.413. The first-order valence-corrected chi connectivity index (χ1v) is 6.81. The van der Waals surface area contributed by atoms with Gasteiger partial charge >= 0.3 is 0 Å². The highest BCUT2D eigenvalue weighted by molar-refractivity contribution is 5.30. The molecule has 2 rings (SSSR count). The van der Waals surface area contributed by atoms with Crippen LogP contribution in [0.5, 0.6) is 5.75 Å². The highest BCUT2D eigenvalue weighted by atomic mass is 16.5. The molecule has 1 aromatic heterocycles. The second-order valence-electron chi connectivity index (χ2n) is 5.19. The van der Waals surface area contributed by atoms with Crippen LogP contribution in [0.2, 0.25) is 0 Å². The van der Waals surface area contributed by atoms with Gasteiger partial charge in [-0.1, -0.05) is 12.1 Å². The van der Waals surface area contributed by atoms with E-state index in [2.05, 4.69) is 5.10 Å². The minimum atomic E-state index is -0.413. The van der Waals surface area contributed by atoms with E-state index in [4.69, 9.17) is 4.74 Å². The number of aryl methyl sites for hydroxylation is 2. The van der Waals surface area contributed by atoms with Crippen molar-refractivity contribution in [3.63, 3.8) is 0 Å². The van der Waals surface area contributed by atoms with Crippen LogP contribution in [0.3, 0.4) is 0 Å². The van der Waals surface area contributed by atoms with Gasteiger partial charge in [-0.15, -0.1) is 0 Å². The lowest BCUT2D eigenvalue weighted by Gasteiger charge is -2.12. The minimum Gasteiger partial charge on any atom is -0.497 e. The molecular formula is C16H22N2O2. The molecule has 20 heavy (non-hydrogen) atoms. The number of methoxy groups -OCH3 is 1. The quantitative estimate of drug-likeness (QED) is 0.909. The maximum Gasteiger partial charge on any atom is 0.119 e. The van der Waals surface area contributed by atoms with Gasteiger partial charge in [0.15, 0.2) is 0 Å². The van der Waals surface area contributed by atoms with Crippen molar-refractivity contribution in [3.8, 4) is 5.75 Å². The SMILES string of the molecule is COc1cccc(CC(O)Cc2c(C)nn(C)c2C)c1. The zero-order valence-corrected chi connectivity index (χ0v) is 12.6. The Bertz CT molecular complexity index is 590. The van der Waals surface area contributed by atoms with Crippen molar-refractivity contribution in [1.82, 2.24) is 9.78 Å². The van der Waals surface area contributed by atoms with E-state index < -0.39 is 6.10 Å². The van der Waals surface area contributed by atoms with Gasteiger partial charge in [-0.3, -0.25) is 4.68 Å². The molecule has 1 atom stereocenters. The molecule has 0 spiro atoms. The molecule has 0 aliphatic heterocycles. The summed E-state index contributed by atoms with van der Waals surface area (Å²) in [6.07, 6.45) is 0.831. The van der Waals surface area contributed by atoms with Crippen molar-refractivity contribution in [2.75, 3.05) is 7.11 Å². The van der Waals surface area contributed by atoms with Crippen molar-refractivity contribution >= 4 is 0 Å². The van der Waals surface area contributed by atoms with E-state index in [9.17, 15) is 5.11 Å². The summed E-state index contributed by atoms with van der Waals surface area (Å²) in [5, 5.41) is 14.7. The predicted octanol–water partition coefficient (Wildman–Crippen LogP) is 2.19. The summed E-state index contributed by atoms with van der Waals surface area (Å²) in [4.78, 5) is 0. The molecule has 1 aromatic carbocycles. The Morgan fingerprint density at radius 2 is 2.05 bits per heavy atom. The molecule has 1 unspecified atom stereocenters. The molecule has 1 N–H and O–H groups in total. The summed E-state index contributed by atoms with van der Waals surface area (Å²) in [5.74, 6) is 0.823. The molecule has 0 saturated carbocycles. The molecule has 4 nitrogen and oxygen atoms in total. The summed E-state index contributed by atoms with van der Waals surface area (Å²) < 4.78 is 7.07. The Hall–Kier alpha value is -1.81. The fraction of sp³-hybridized carbons (Fsp3) is 0.438. The highest BCUT2D eigenvalue weighted by Crippen LogP contribution is 2.18. The molecule has 108 valence electrons. The number of aliphatic hydroxyl groups excluding tert-OH is 1. The van der Waals surface area contributed by atoms with Crippen molar-refractivity contribution in [2.24, 2.45) is 7.05 Å². The van der Waals surface area contributed by atoms with Gasteiger partial charge in [0.1, 0.15) is 5.75 Å². The molecule has 0 fully saturated rings. The summed E-state index contributed by atoms with van der Waals surface area (Å²) >= 11 is 0. The Morgan fingerprint density at radius 3 is 2.65 bits per heavy atom. The third-order valence-electron chi connectivity index (χ3n) is 3.70. The molecule has 2 aromatic rings. The second kappa shape index (κ2) is 6.09. The van der Waals surface area contributed by atoms with Crippen LogP contribution in [0.15, 0.2) is 24.3 Å². The smallest absolute Gasteiger partial charge is 0.119 e. The Morgan fingerprint density at radius 1 is 1.30 bits per heavy atom. The van der Waals surface area contributed by atoms with Crippen LogP contribution in [0.25, 0.3) is 0 Å². The first-order chi connectivity index (χ1) is 9.51. The molecule has 0 aliphatic rings. The van der Waals surface area contributed by atoms with E-state index in [-0.39, 0.29) is 0 Å². The number of aromatic nitrogens is 2. The molecule has 0 saturated heterocycles. The summed E-state index contributed by atoms with van der Waals surface area (Å²) in [7, 11) is 3.58. The zero-order valence-electron chi connectivity index (χ0n) is 12.6. The fourth-order valence-corrected chi connectivity index (χ4v) is 2.49. The third kappa shape index (κ3) is 3.20. The molecule has 0 radical (unpaired) electrons. The van der Waals surface area contributed by atoms with Crippen molar-refractivity contribution in [2.45, 2.75) is 32.8 Å². The first-order valence-electron chi connectivity index (χ1n) is 6.81. The largest absolute Gasteiger partial charge is 0.497 e. The number of rotatable bonds is 5. The standard InChI is InChI=1S/C16H22N2O2/c1-11-16(12(2)18(3)17-11)10-14(19)8-13-6-5-7-15(9-13)20-4/h5-7,9,14,19H,8,10H2,1-4H3. The number of benzene rings is 1. The van der Waals surface area contributed by atoms with E-state index >= 15 is 0 Å². The van der Waals surface area contributed by atoms with Crippen LogP contribution in [-0.2, 0) is 19.9 Å². The molecule has 0 bridgehead atoms. The third-order valence-corrected chi connectivity index (χ3v) is 3.70. The number of ether oxygens (including phenoxy) is 1. The monoisotopic (exact) mass is 274 g/mol. The van der Waals surface area contributed by atoms with Gasteiger partial charge in [-0.2, -0.15) is 5.10 Å². The highest BCUT2D eigenvalue weighted by Gasteiger charge is 2.14. The summed E-state index contributed by atoms with van der Waals surface area (Å²) in [6.45, 7) is 4.02. The number of nitrogens with zero attached hydrogens (tertiary/aromatic N) is 2. The van der Waals surface area contributed by atoms with E-state index in [1.54, 1.807) is 7.11 Å². The molecule has 1 heterocycles. The van der Waals surface area contributed by atoms with E-state index in [1.165, 1.54) is 0 Å². The zero-order chi connectivity index (χ0) is 14.7. The first kappa shape index (κ1) is 14.6. The van der Waals surface area contributed by atoms with Crippen molar-refractivity contribution in [3.05, 3.63) is 46.8 Å². The average Bonchev–Trinajstić information content (AvgIpc) is 2.65. The Kier molecular flexibility index (Phi) is 4.45. The second-order valence-corrected chi connectivity index (χ2v) is 5.19. The molecule has 4 heteroatoms. The lowest BCUT2D eigenvalue weighted by molar-refractivity contribution is 0.175. The molecular weight excluding hydrogens is 252 g/mol. The predicted molar refractivity (Wildman–Crippen MR) is 79.1 cm³/mol. The van der Waals surface area contributed by atoms with Gasteiger partial charge in [0.25, 0.3) is 0 Å². The van der Waals surface area contributed by atoms with Crippen LogP contribution >= 0.6 is 0 Å². The summed E-state index contributed by atoms with van der Waals surface area (Å²) in [5.41, 5.74) is 4.33. The summed E-state index contributed by atoms with van der Waals surface area (Å²) in [6, 6.07) is 7.83. The molecule has 0 aliphatic carbocycles. The van der Waals surface area contributed by atoms with Gasteiger partial charge in [-0.25, -0.2) is 0 Å². The van der Waals surface area contributed by atoms with Crippen molar-refractivity contribution in [1.29, 1.82) is 0 Å². The number of hydrogen-bond donors (Lipinski definition) is 1. The van der Waals surface area contributed by atoms with Crippen LogP contribution < -0.4 is 4.74 Å². The maximum atomic E-state index is 10.3.